The van der Waals surface area contributed by atoms with Crippen molar-refractivity contribution in [3.8, 4) is 0 Å². The molecule has 0 radical (unpaired) electrons. The number of sulfone groups is 1. The molecule has 0 heterocycles. The van der Waals surface area contributed by atoms with Crippen LogP contribution in [0, 0.1) is 5.82 Å². The van der Waals surface area contributed by atoms with Crippen molar-refractivity contribution in [1.82, 2.24) is 0 Å². The van der Waals surface area contributed by atoms with E-state index in [0.29, 0.717) is 0 Å². The van der Waals surface area contributed by atoms with E-state index in [0.717, 1.165) is 18.4 Å². The first-order chi connectivity index (χ1) is 8.78. The third-order valence-corrected chi connectivity index (χ3v) is 4.51. The molecular weight excluding hydrogens is 278 g/mol. The van der Waals surface area contributed by atoms with Gasteiger partial charge in [0.15, 0.2) is 16.0 Å². The number of benzene rings is 1. The van der Waals surface area contributed by atoms with Crippen LogP contribution in [-0.4, -0.2) is 35.1 Å². The molecule has 1 aromatic rings. The van der Waals surface area contributed by atoms with Crippen molar-refractivity contribution >= 4 is 9.84 Å². The Balaban J connectivity index is 2.85. The summed E-state index contributed by atoms with van der Waals surface area (Å²) in [5.74, 6) is -2.54. The molecule has 0 aliphatic heterocycles. The molecule has 0 fully saturated rings. The summed E-state index contributed by atoms with van der Waals surface area (Å²) in [6.45, 7) is 0. The van der Waals surface area contributed by atoms with Gasteiger partial charge in [0.2, 0.25) is 5.79 Å². The molecule has 1 aliphatic rings. The minimum Gasteiger partial charge on any atom is -0.347 e. The van der Waals surface area contributed by atoms with Gasteiger partial charge in [-0.2, -0.15) is 0 Å². The van der Waals surface area contributed by atoms with E-state index in [-0.39, 0.29) is 22.4 Å². The van der Waals surface area contributed by atoms with E-state index >= 15 is 0 Å². The highest BCUT2D eigenvalue weighted by atomic mass is 32.2. The van der Waals surface area contributed by atoms with Crippen LogP contribution in [0.2, 0.25) is 0 Å². The van der Waals surface area contributed by atoms with Crippen molar-refractivity contribution in [1.29, 1.82) is 0 Å². The maximum absolute atomic E-state index is 14.2. The van der Waals surface area contributed by atoms with Crippen LogP contribution in [0.3, 0.4) is 0 Å². The van der Waals surface area contributed by atoms with Crippen molar-refractivity contribution in [2.45, 2.75) is 23.3 Å². The van der Waals surface area contributed by atoms with E-state index in [4.69, 9.17) is 9.47 Å². The molecule has 2 rings (SSSR count). The van der Waals surface area contributed by atoms with Crippen LogP contribution in [0.15, 0.2) is 17.0 Å². The molecule has 106 valence electrons. The summed E-state index contributed by atoms with van der Waals surface area (Å²) in [4.78, 5) is -0.173. The van der Waals surface area contributed by atoms with Gasteiger partial charge >= 0.3 is 0 Å². The van der Waals surface area contributed by atoms with Crippen LogP contribution in [0.25, 0.3) is 0 Å². The third-order valence-electron chi connectivity index (χ3n) is 3.37. The first-order valence-electron chi connectivity index (χ1n) is 5.54. The summed E-state index contributed by atoms with van der Waals surface area (Å²) in [5.41, 5.74) is -0.0911. The summed E-state index contributed by atoms with van der Waals surface area (Å²) < 4.78 is 61.6. The van der Waals surface area contributed by atoms with Gasteiger partial charge in [0, 0.05) is 38.0 Å². The molecule has 0 saturated heterocycles. The van der Waals surface area contributed by atoms with E-state index in [2.05, 4.69) is 0 Å². The topological polar surface area (TPSA) is 52.6 Å². The van der Waals surface area contributed by atoms with E-state index in [1.165, 1.54) is 14.2 Å². The molecule has 1 unspecified atom stereocenters. The number of fused-ring (bicyclic) bond motifs is 1. The van der Waals surface area contributed by atoms with Gasteiger partial charge in [0.05, 0.1) is 4.90 Å². The molecule has 4 nitrogen and oxygen atoms in total. The van der Waals surface area contributed by atoms with Crippen LogP contribution in [0.5, 0.6) is 0 Å². The van der Waals surface area contributed by atoms with Crippen LogP contribution in [0.4, 0.5) is 8.78 Å². The Hall–Kier alpha value is -1.05. The van der Waals surface area contributed by atoms with Gasteiger partial charge in [-0.05, 0) is 12.1 Å². The number of hydrogen-bond donors (Lipinski definition) is 0. The lowest BCUT2D eigenvalue weighted by atomic mass is 10.1. The van der Waals surface area contributed by atoms with Gasteiger partial charge in [-0.1, -0.05) is 0 Å². The van der Waals surface area contributed by atoms with Crippen LogP contribution in [-0.2, 0) is 31.5 Å². The lowest BCUT2D eigenvalue weighted by Gasteiger charge is -2.30. The SMILES string of the molecule is COC1(OC)c2c(S(C)(=O)=O)ccc(F)c2CC1F. The molecule has 0 saturated carbocycles. The van der Waals surface area contributed by atoms with Gasteiger partial charge in [-0.3, -0.25) is 0 Å². The molecule has 0 aromatic heterocycles. The number of hydrogen-bond acceptors (Lipinski definition) is 4. The summed E-state index contributed by atoms with van der Waals surface area (Å²) in [6.07, 6.45) is -0.983. The first kappa shape index (κ1) is 14.4. The predicted molar refractivity (Wildman–Crippen MR) is 63.8 cm³/mol. The largest absolute Gasteiger partial charge is 0.347 e. The van der Waals surface area contributed by atoms with Crippen molar-refractivity contribution in [3.05, 3.63) is 29.1 Å². The van der Waals surface area contributed by atoms with E-state index in [1.807, 2.05) is 0 Å². The molecule has 0 spiro atoms. The number of alkyl halides is 1. The van der Waals surface area contributed by atoms with Gasteiger partial charge in [0.1, 0.15) is 5.82 Å². The number of halogens is 2. The predicted octanol–water partition coefficient (Wildman–Crippen LogP) is 1.57. The summed E-state index contributed by atoms with van der Waals surface area (Å²) in [6, 6.07) is 2.12. The highest BCUT2D eigenvalue weighted by Gasteiger charge is 2.52. The third kappa shape index (κ3) is 1.96. The Morgan fingerprint density at radius 1 is 1.32 bits per heavy atom. The average Bonchev–Trinajstić information content (AvgIpc) is 2.62. The monoisotopic (exact) mass is 292 g/mol. The minimum absolute atomic E-state index is 0.0147. The van der Waals surface area contributed by atoms with E-state index in [9.17, 15) is 17.2 Å². The first-order valence-corrected chi connectivity index (χ1v) is 7.43. The zero-order valence-corrected chi connectivity index (χ0v) is 11.6. The second-order valence-electron chi connectivity index (χ2n) is 4.42. The number of rotatable bonds is 3. The molecule has 1 aromatic carbocycles. The fourth-order valence-corrected chi connectivity index (χ4v) is 3.46. The summed E-state index contributed by atoms with van der Waals surface area (Å²) >= 11 is 0. The molecule has 1 aliphatic carbocycles. The molecule has 7 heteroatoms. The van der Waals surface area contributed by atoms with Crippen molar-refractivity contribution in [3.63, 3.8) is 0 Å². The van der Waals surface area contributed by atoms with Crippen molar-refractivity contribution < 1.29 is 26.7 Å². The van der Waals surface area contributed by atoms with Crippen LogP contribution < -0.4 is 0 Å². The van der Waals surface area contributed by atoms with Crippen LogP contribution in [0.1, 0.15) is 11.1 Å². The lowest BCUT2D eigenvalue weighted by Crippen LogP contribution is -2.38. The standard InChI is InChI=1S/C12H14F2O4S/c1-17-12(18-2)10(14)6-7-8(13)4-5-9(11(7)12)19(3,15)16/h4-5,10H,6H2,1-3H3. The van der Waals surface area contributed by atoms with Gasteiger partial charge in [-0.15, -0.1) is 0 Å². The fraction of sp³-hybridized carbons (Fsp3) is 0.500. The van der Waals surface area contributed by atoms with E-state index in [1.54, 1.807) is 0 Å². The summed E-state index contributed by atoms with van der Waals surface area (Å²) in [5, 5.41) is 0. The quantitative estimate of drug-likeness (QED) is 0.627. The highest BCUT2D eigenvalue weighted by molar-refractivity contribution is 7.90. The van der Waals surface area contributed by atoms with Crippen molar-refractivity contribution in [2.75, 3.05) is 20.5 Å². The second-order valence-corrected chi connectivity index (χ2v) is 6.40. The summed E-state index contributed by atoms with van der Waals surface area (Å²) in [7, 11) is -1.26. The zero-order chi connectivity index (χ0) is 14.4. The lowest BCUT2D eigenvalue weighted by molar-refractivity contribution is -0.246. The van der Waals surface area contributed by atoms with E-state index < -0.39 is 27.6 Å². The normalized spacial score (nSPS) is 21.4. The number of methoxy groups -OCH3 is 2. The average molecular weight is 292 g/mol. The zero-order valence-electron chi connectivity index (χ0n) is 10.7. The number of ether oxygens (including phenoxy) is 2. The maximum Gasteiger partial charge on any atom is 0.228 e. The second kappa shape index (κ2) is 4.50. The highest BCUT2D eigenvalue weighted by Crippen LogP contribution is 2.46. The molecule has 1 atom stereocenters. The maximum atomic E-state index is 14.2. The Kier molecular flexibility index (Phi) is 3.40. The molecular formula is C12H14F2O4S. The Morgan fingerprint density at radius 2 is 1.89 bits per heavy atom. The minimum atomic E-state index is -3.65. The van der Waals surface area contributed by atoms with Gasteiger partial charge in [-0.25, -0.2) is 17.2 Å². The Morgan fingerprint density at radius 3 is 2.37 bits per heavy atom. The smallest absolute Gasteiger partial charge is 0.228 e. The molecule has 0 bridgehead atoms. The Bertz CT molecular complexity index is 608. The molecule has 0 amide bonds. The molecule has 0 N–H and O–H groups in total. The fourth-order valence-electron chi connectivity index (χ4n) is 2.50. The van der Waals surface area contributed by atoms with Gasteiger partial charge in [0.25, 0.3) is 0 Å². The van der Waals surface area contributed by atoms with Crippen molar-refractivity contribution in [2.24, 2.45) is 0 Å². The van der Waals surface area contributed by atoms with Gasteiger partial charge < -0.3 is 9.47 Å². The molecule has 19 heavy (non-hydrogen) atoms. The van der Waals surface area contributed by atoms with Crippen LogP contribution >= 0.6 is 0 Å². The Labute approximate surface area is 110 Å².